The van der Waals surface area contributed by atoms with Crippen molar-refractivity contribution in [3.63, 3.8) is 0 Å². The number of rotatable bonds is 4. The molecule has 1 atom stereocenters. The molecular formula is C18H24FN3OS. The van der Waals surface area contributed by atoms with Crippen LogP contribution in [-0.4, -0.2) is 45.9 Å². The molecular weight excluding hydrogens is 325 g/mol. The maximum atomic E-state index is 13.1. The molecule has 1 aromatic rings. The summed E-state index contributed by atoms with van der Waals surface area (Å²) in [5.74, 6) is 0.592. The molecule has 130 valence electrons. The van der Waals surface area contributed by atoms with Gasteiger partial charge in [0.05, 0.1) is 6.04 Å². The highest BCUT2D eigenvalue weighted by atomic mass is 32.2. The number of amidine groups is 1. The van der Waals surface area contributed by atoms with Crippen LogP contribution in [0.5, 0.6) is 0 Å². The largest absolute Gasteiger partial charge is 0.333 e. The second-order valence-corrected chi connectivity index (χ2v) is 7.51. The Kier molecular flexibility index (Phi) is 5.43. The van der Waals surface area contributed by atoms with Crippen LogP contribution in [0.2, 0.25) is 0 Å². The van der Waals surface area contributed by atoms with Gasteiger partial charge in [-0.05, 0) is 30.5 Å². The van der Waals surface area contributed by atoms with Gasteiger partial charge in [-0.1, -0.05) is 36.7 Å². The number of hydrogen-bond acceptors (Lipinski definition) is 3. The van der Waals surface area contributed by atoms with Gasteiger partial charge in [0.1, 0.15) is 12.0 Å². The standard InChI is InChI=1S/C18H24FN3OS/c1-13(23)22(11-14-7-9-15(19)10-8-14)17-12-24-18(21(17)2)20-16-5-3-4-6-16/h7-10,16-17H,3-6,11-12H2,1-2H3. The van der Waals surface area contributed by atoms with Crippen LogP contribution >= 0.6 is 11.8 Å². The number of amides is 1. The molecule has 1 saturated heterocycles. The van der Waals surface area contributed by atoms with Crippen molar-refractivity contribution in [2.45, 2.75) is 51.4 Å². The highest BCUT2D eigenvalue weighted by Crippen LogP contribution is 2.29. The summed E-state index contributed by atoms with van der Waals surface area (Å²) in [6, 6.07) is 6.79. The molecule has 1 amide bonds. The van der Waals surface area contributed by atoms with E-state index in [1.165, 1.54) is 37.8 Å². The van der Waals surface area contributed by atoms with Crippen molar-refractivity contribution in [1.29, 1.82) is 0 Å². The van der Waals surface area contributed by atoms with Gasteiger partial charge in [0.25, 0.3) is 0 Å². The van der Waals surface area contributed by atoms with Crippen LogP contribution in [-0.2, 0) is 11.3 Å². The van der Waals surface area contributed by atoms with Crippen LogP contribution in [0, 0.1) is 5.82 Å². The van der Waals surface area contributed by atoms with Crippen LogP contribution < -0.4 is 0 Å². The SMILES string of the molecule is CC(=O)N(Cc1ccc(F)cc1)C1CSC(=NC2CCCC2)N1C. The van der Waals surface area contributed by atoms with E-state index < -0.39 is 0 Å². The average molecular weight is 349 g/mol. The lowest BCUT2D eigenvalue weighted by Crippen LogP contribution is -2.47. The fourth-order valence-electron chi connectivity index (χ4n) is 3.32. The van der Waals surface area contributed by atoms with Gasteiger partial charge in [-0.15, -0.1) is 0 Å². The number of hydrogen-bond donors (Lipinski definition) is 0. The Morgan fingerprint density at radius 3 is 2.62 bits per heavy atom. The first-order valence-corrected chi connectivity index (χ1v) is 9.48. The number of halogens is 1. The minimum absolute atomic E-state index is 0.00212. The van der Waals surface area contributed by atoms with E-state index >= 15 is 0 Å². The zero-order chi connectivity index (χ0) is 17.1. The summed E-state index contributed by atoms with van der Waals surface area (Å²) in [6.07, 6.45) is 4.88. The average Bonchev–Trinajstić information content (AvgIpc) is 3.18. The molecule has 1 aromatic carbocycles. The van der Waals surface area contributed by atoms with E-state index in [1.807, 2.05) is 11.9 Å². The van der Waals surface area contributed by atoms with Gasteiger partial charge >= 0.3 is 0 Å². The van der Waals surface area contributed by atoms with Gasteiger partial charge in [-0.25, -0.2) is 4.39 Å². The Bertz CT molecular complexity index is 613. The van der Waals surface area contributed by atoms with Crippen molar-refractivity contribution in [1.82, 2.24) is 9.80 Å². The second kappa shape index (κ2) is 7.55. The quantitative estimate of drug-likeness (QED) is 0.835. The van der Waals surface area contributed by atoms with Crippen LogP contribution in [0.4, 0.5) is 4.39 Å². The molecule has 0 radical (unpaired) electrons. The van der Waals surface area contributed by atoms with E-state index in [1.54, 1.807) is 30.8 Å². The lowest BCUT2D eigenvalue weighted by molar-refractivity contribution is -0.133. The highest BCUT2D eigenvalue weighted by molar-refractivity contribution is 8.14. The van der Waals surface area contributed by atoms with E-state index in [9.17, 15) is 9.18 Å². The zero-order valence-electron chi connectivity index (χ0n) is 14.2. The molecule has 1 aliphatic carbocycles. The first kappa shape index (κ1) is 17.3. The molecule has 1 saturated carbocycles. The van der Waals surface area contributed by atoms with Crippen molar-refractivity contribution in [2.24, 2.45) is 4.99 Å². The lowest BCUT2D eigenvalue weighted by atomic mass is 10.2. The highest BCUT2D eigenvalue weighted by Gasteiger charge is 2.34. The molecule has 2 aliphatic rings. The molecule has 3 rings (SSSR count). The molecule has 4 nitrogen and oxygen atoms in total. The zero-order valence-corrected chi connectivity index (χ0v) is 15.1. The third-order valence-electron chi connectivity index (χ3n) is 4.76. The predicted octanol–water partition coefficient (Wildman–Crippen LogP) is 3.48. The smallest absolute Gasteiger partial charge is 0.221 e. The molecule has 2 fully saturated rings. The fourth-order valence-corrected chi connectivity index (χ4v) is 4.57. The van der Waals surface area contributed by atoms with Gasteiger partial charge in [0, 0.05) is 26.3 Å². The third kappa shape index (κ3) is 3.91. The molecule has 1 heterocycles. The summed E-state index contributed by atoms with van der Waals surface area (Å²) in [5, 5.41) is 1.04. The maximum absolute atomic E-state index is 13.1. The first-order valence-electron chi connectivity index (χ1n) is 8.49. The molecule has 6 heteroatoms. The van der Waals surface area contributed by atoms with Crippen LogP contribution in [0.1, 0.15) is 38.2 Å². The minimum atomic E-state index is -0.257. The van der Waals surface area contributed by atoms with E-state index in [4.69, 9.17) is 4.99 Å². The summed E-state index contributed by atoms with van der Waals surface area (Å²) >= 11 is 1.73. The minimum Gasteiger partial charge on any atom is -0.333 e. The van der Waals surface area contributed by atoms with E-state index in [0.717, 1.165) is 16.5 Å². The van der Waals surface area contributed by atoms with E-state index in [-0.39, 0.29) is 17.9 Å². The number of aliphatic imine (C=N–C) groups is 1. The molecule has 0 bridgehead atoms. The number of nitrogens with zero attached hydrogens (tertiary/aromatic N) is 3. The van der Waals surface area contributed by atoms with E-state index in [0.29, 0.717) is 12.6 Å². The molecule has 1 aliphatic heterocycles. The normalized spacial score (nSPS) is 23.2. The summed E-state index contributed by atoms with van der Waals surface area (Å²) in [4.78, 5) is 21.0. The number of thioether (sulfide) groups is 1. The molecule has 1 unspecified atom stereocenters. The number of benzene rings is 1. The fraction of sp³-hybridized carbons (Fsp3) is 0.556. The van der Waals surface area contributed by atoms with Crippen LogP contribution in [0.15, 0.2) is 29.3 Å². The van der Waals surface area contributed by atoms with Crippen molar-refractivity contribution in [3.8, 4) is 0 Å². The first-order chi connectivity index (χ1) is 11.5. The van der Waals surface area contributed by atoms with Crippen LogP contribution in [0.25, 0.3) is 0 Å². The topological polar surface area (TPSA) is 35.9 Å². The molecule has 0 spiro atoms. The maximum Gasteiger partial charge on any atom is 0.221 e. The van der Waals surface area contributed by atoms with Gasteiger partial charge < -0.3 is 9.80 Å². The Labute approximate surface area is 147 Å². The molecule has 24 heavy (non-hydrogen) atoms. The van der Waals surface area contributed by atoms with Gasteiger partial charge in [-0.2, -0.15) is 0 Å². The summed E-state index contributed by atoms with van der Waals surface area (Å²) < 4.78 is 13.1. The van der Waals surface area contributed by atoms with Gasteiger partial charge in [-0.3, -0.25) is 9.79 Å². The molecule has 0 aromatic heterocycles. The monoisotopic (exact) mass is 349 g/mol. The van der Waals surface area contributed by atoms with Crippen LogP contribution in [0.3, 0.4) is 0 Å². The number of carbonyl (C=O) groups excluding carboxylic acids is 1. The summed E-state index contributed by atoms with van der Waals surface area (Å²) in [5.41, 5.74) is 0.936. The second-order valence-electron chi connectivity index (χ2n) is 6.53. The van der Waals surface area contributed by atoms with Crippen molar-refractivity contribution >= 4 is 22.8 Å². The van der Waals surface area contributed by atoms with Crippen molar-refractivity contribution in [2.75, 3.05) is 12.8 Å². The lowest BCUT2D eigenvalue weighted by Gasteiger charge is -2.33. The van der Waals surface area contributed by atoms with Gasteiger partial charge in [0.15, 0.2) is 5.17 Å². The van der Waals surface area contributed by atoms with Crippen molar-refractivity contribution < 1.29 is 9.18 Å². The summed E-state index contributed by atoms with van der Waals surface area (Å²) in [6.45, 7) is 2.08. The van der Waals surface area contributed by atoms with Crippen molar-refractivity contribution in [3.05, 3.63) is 35.6 Å². The van der Waals surface area contributed by atoms with E-state index in [2.05, 4.69) is 4.90 Å². The summed E-state index contributed by atoms with van der Waals surface area (Å²) in [7, 11) is 2.01. The third-order valence-corrected chi connectivity index (χ3v) is 5.87. The molecule has 0 N–H and O–H groups in total. The predicted molar refractivity (Wildman–Crippen MR) is 96.3 cm³/mol. The Hall–Kier alpha value is -1.56. The number of carbonyl (C=O) groups is 1. The van der Waals surface area contributed by atoms with Gasteiger partial charge in [0.2, 0.25) is 5.91 Å². The Morgan fingerprint density at radius 1 is 1.33 bits per heavy atom. The Morgan fingerprint density at radius 2 is 2.00 bits per heavy atom. The Balaban J connectivity index is 1.71.